The van der Waals surface area contributed by atoms with Gasteiger partial charge in [0.05, 0.1) is 10.6 Å². The van der Waals surface area contributed by atoms with Crippen LogP contribution >= 0.6 is 0 Å². The van der Waals surface area contributed by atoms with Crippen LogP contribution < -0.4 is 0 Å². The molecule has 1 aliphatic heterocycles. The van der Waals surface area contributed by atoms with Gasteiger partial charge in [0.2, 0.25) is 9.84 Å². The lowest BCUT2D eigenvalue weighted by molar-refractivity contribution is 0.592. The first kappa shape index (κ1) is 15.7. The van der Waals surface area contributed by atoms with Crippen LogP contribution in [0.3, 0.4) is 0 Å². The summed E-state index contributed by atoms with van der Waals surface area (Å²) in [7, 11) is -3.74. The molecule has 5 aromatic rings. The van der Waals surface area contributed by atoms with Crippen LogP contribution in [0.5, 0.6) is 0 Å². The Morgan fingerprint density at radius 3 is 2.57 bits per heavy atom. The molecule has 0 radical (unpaired) electrons. The lowest BCUT2D eigenvalue weighted by Gasteiger charge is -2.21. The fourth-order valence-electron chi connectivity index (χ4n) is 4.26. The highest BCUT2D eigenvalue weighted by Gasteiger charge is 2.34. The van der Waals surface area contributed by atoms with Gasteiger partial charge in [0.1, 0.15) is 0 Å². The first-order valence-electron chi connectivity index (χ1n) is 9.02. The van der Waals surface area contributed by atoms with Crippen molar-refractivity contribution in [2.24, 2.45) is 0 Å². The van der Waals surface area contributed by atoms with E-state index in [2.05, 4.69) is 22.1 Å². The molecule has 6 rings (SSSR count). The van der Waals surface area contributed by atoms with Gasteiger partial charge in [-0.25, -0.2) is 13.4 Å². The summed E-state index contributed by atoms with van der Waals surface area (Å²) < 4.78 is 27.0. The van der Waals surface area contributed by atoms with E-state index in [0.717, 1.165) is 26.9 Å². The van der Waals surface area contributed by atoms with E-state index in [1.54, 1.807) is 19.2 Å². The summed E-state index contributed by atoms with van der Waals surface area (Å²) in [4.78, 5) is 9.20. The number of nitrogens with zero attached hydrogens (tertiary/aromatic N) is 2. The Morgan fingerprint density at radius 2 is 1.68 bits per heavy atom. The Bertz CT molecular complexity index is 1590. The van der Waals surface area contributed by atoms with Crippen LogP contribution in [-0.4, -0.2) is 18.4 Å². The number of fused-ring (bicyclic) bond motifs is 6. The monoisotopic (exact) mass is 382 g/mol. The van der Waals surface area contributed by atoms with Crippen molar-refractivity contribution in [3.8, 4) is 11.3 Å². The predicted octanol–water partition coefficient (Wildman–Crippen LogP) is 5.06. The zero-order chi connectivity index (χ0) is 19.0. The molecule has 0 bridgehead atoms. The molecular weight excluding hydrogens is 368 g/mol. The normalized spacial score (nSPS) is 14.5. The summed E-state index contributed by atoms with van der Waals surface area (Å²) in [6, 6.07) is 19.5. The number of hydrogen-bond acceptors (Lipinski definition) is 4. The molecule has 0 amide bonds. The molecular formula is C23H14N2O2S. The van der Waals surface area contributed by atoms with Crippen LogP contribution in [0.4, 0.5) is 0 Å². The number of sulfone groups is 1. The van der Waals surface area contributed by atoms with E-state index in [-0.39, 0.29) is 5.03 Å². The first-order chi connectivity index (χ1) is 13.6. The molecule has 5 heteroatoms. The van der Waals surface area contributed by atoms with Crippen LogP contribution in [0.15, 0.2) is 76.8 Å². The SMILES string of the molecule is Cc1ccc2c(n1)S(=O)(=O)c1cc3c4ccccc4ccc3c3ccnc-2c13. The fraction of sp³-hybridized carbons (Fsp3) is 0.0435. The fourth-order valence-corrected chi connectivity index (χ4v) is 5.94. The molecule has 0 fully saturated rings. The molecule has 28 heavy (non-hydrogen) atoms. The molecule has 0 saturated carbocycles. The first-order valence-corrected chi connectivity index (χ1v) is 10.5. The molecule has 0 atom stereocenters. The topological polar surface area (TPSA) is 59.9 Å². The van der Waals surface area contributed by atoms with Crippen molar-refractivity contribution in [3.05, 3.63) is 72.6 Å². The van der Waals surface area contributed by atoms with Crippen molar-refractivity contribution in [3.63, 3.8) is 0 Å². The molecule has 0 N–H and O–H groups in total. The Morgan fingerprint density at radius 1 is 0.821 bits per heavy atom. The number of aryl methyl sites for hydroxylation is 1. The van der Waals surface area contributed by atoms with Crippen molar-refractivity contribution in [1.29, 1.82) is 0 Å². The van der Waals surface area contributed by atoms with E-state index in [9.17, 15) is 8.42 Å². The number of rotatable bonds is 0. The Labute approximate surface area is 161 Å². The second-order valence-corrected chi connectivity index (χ2v) is 8.98. The molecule has 4 nitrogen and oxygen atoms in total. The van der Waals surface area contributed by atoms with Gasteiger partial charge in [0, 0.05) is 22.8 Å². The minimum absolute atomic E-state index is 0.0968. The molecule has 0 aliphatic carbocycles. The zero-order valence-corrected chi connectivity index (χ0v) is 15.8. The summed E-state index contributed by atoms with van der Waals surface area (Å²) in [6.07, 6.45) is 1.75. The highest BCUT2D eigenvalue weighted by Crippen LogP contribution is 2.45. The minimum atomic E-state index is -3.74. The average molecular weight is 382 g/mol. The lowest BCUT2D eigenvalue weighted by Crippen LogP contribution is -2.13. The Balaban J connectivity index is 1.92. The summed E-state index contributed by atoms with van der Waals surface area (Å²) >= 11 is 0. The van der Waals surface area contributed by atoms with Gasteiger partial charge in [-0.15, -0.1) is 0 Å². The maximum atomic E-state index is 13.5. The highest BCUT2D eigenvalue weighted by molar-refractivity contribution is 7.91. The molecule has 0 saturated heterocycles. The van der Waals surface area contributed by atoms with Gasteiger partial charge in [-0.2, -0.15) is 0 Å². The van der Waals surface area contributed by atoms with Gasteiger partial charge in [0.15, 0.2) is 5.03 Å². The third-order valence-electron chi connectivity index (χ3n) is 5.53. The predicted molar refractivity (Wildman–Crippen MR) is 110 cm³/mol. The van der Waals surface area contributed by atoms with E-state index >= 15 is 0 Å². The molecule has 3 aromatic carbocycles. The molecule has 1 aliphatic rings. The molecule has 2 aromatic heterocycles. The third-order valence-corrected chi connectivity index (χ3v) is 7.25. The van der Waals surface area contributed by atoms with E-state index in [1.807, 2.05) is 42.5 Å². The second-order valence-electron chi connectivity index (χ2n) is 7.15. The Kier molecular flexibility index (Phi) is 2.89. The molecule has 0 unspecified atom stereocenters. The maximum absolute atomic E-state index is 13.5. The van der Waals surface area contributed by atoms with Crippen molar-refractivity contribution in [2.75, 3.05) is 0 Å². The highest BCUT2D eigenvalue weighted by atomic mass is 32.2. The standard InChI is InChI=1S/C23H14N2O2S/c1-13-6-8-18-22-21-17(10-11-24-22)16-9-7-14-4-2-3-5-15(14)19(16)12-20(21)28(26,27)23(18)25-13/h2-12H,1H3. The summed E-state index contributed by atoms with van der Waals surface area (Å²) in [5, 5.41) is 5.76. The minimum Gasteiger partial charge on any atom is -0.255 e. The summed E-state index contributed by atoms with van der Waals surface area (Å²) in [5.41, 5.74) is 1.92. The lowest BCUT2D eigenvalue weighted by atomic mass is 9.95. The van der Waals surface area contributed by atoms with Crippen LogP contribution in [-0.2, 0) is 9.84 Å². The van der Waals surface area contributed by atoms with Crippen LogP contribution in [0.2, 0.25) is 0 Å². The summed E-state index contributed by atoms with van der Waals surface area (Å²) in [6.45, 7) is 1.80. The van der Waals surface area contributed by atoms with Crippen LogP contribution in [0, 0.1) is 6.92 Å². The van der Waals surface area contributed by atoms with E-state index in [0.29, 0.717) is 27.2 Å². The van der Waals surface area contributed by atoms with Crippen molar-refractivity contribution in [2.45, 2.75) is 16.8 Å². The van der Waals surface area contributed by atoms with Gasteiger partial charge in [0.25, 0.3) is 0 Å². The van der Waals surface area contributed by atoms with Gasteiger partial charge in [-0.05, 0) is 58.1 Å². The number of pyridine rings is 2. The molecule has 134 valence electrons. The van der Waals surface area contributed by atoms with E-state index in [4.69, 9.17) is 0 Å². The largest absolute Gasteiger partial charge is 0.255 e. The van der Waals surface area contributed by atoms with Crippen molar-refractivity contribution >= 4 is 42.2 Å². The van der Waals surface area contributed by atoms with E-state index < -0.39 is 9.84 Å². The maximum Gasteiger partial charge on any atom is 0.225 e. The van der Waals surface area contributed by atoms with E-state index in [1.165, 1.54) is 0 Å². The van der Waals surface area contributed by atoms with Gasteiger partial charge in [-0.3, -0.25) is 4.98 Å². The molecule has 0 spiro atoms. The number of benzene rings is 3. The van der Waals surface area contributed by atoms with Gasteiger partial charge in [-0.1, -0.05) is 36.4 Å². The average Bonchev–Trinajstić information content (AvgIpc) is 2.71. The molecule has 3 heterocycles. The quantitative estimate of drug-likeness (QED) is 0.345. The van der Waals surface area contributed by atoms with Crippen LogP contribution in [0.25, 0.3) is 43.6 Å². The third kappa shape index (κ3) is 1.86. The second kappa shape index (κ2) is 5.14. The number of aromatic nitrogens is 2. The Hall–Kier alpha value is -3.31. The smallest absolute Gasteiger partial charge is 0.225 e. The van der Waals surface area contributed by atoms with Crippen molar-refractivity contribution in [1.82, 2.24) is 9.97 Å². The zero-order valence-electron chi connectivity index (χ0n) is 15.0. The van der Waals surface area contributed by atoms with Crippen molar-refractivity contribution < 1.29 is 8.42 Å². The number of hydrogen-bond donors (Lipinski definition) is 0. The summed E-state index contributed by atoms with van der Waals surface area (Å²) in [5.74, 6) is 0. The van der Waals surface area contributed by atoms with Crippen LogP contribution in [0.1, 0.15) is 5.69 Å². The van der Waals surface area contributed by atoms with Gasteiger partial charge < -0.3 is 0 Å². The van der Waals surface area contributed by atoms with Gasteiger partial charge >= 0.3 is 0 Å².